The molecular weight excluding hydrogens is 240 g/mol. The predicted octanol–water partition coefficient (Wildman–Crippen LogP) is 1.70. The van der Waals surface area contributed by atoms with E-state index in [1.54, 1.807) is 4.68 Å². The first-order chi connectivity index (χ1) is 8.25. The van der Waals surface area contributed by atoms with Gasteiger partial charge in [0.05, 0.1) is 24.6 Å². The number of ether oxygens (including phenoxy) is 1. The second-order valence-electron chi connectivity index (χ2n) is 3.96. The van der Waals surface area contributed by atoms with Gasteiger partial charge in [0.25, 0.3) is 0 Å². The smallest absolute Gasteiger partial charge is 0.177 e. The summed E-state index contributed by atoms with van der Waals surface area (Å²) in [7, 11) is 0. The lowest BCUT2D eigenvalue weighted by Crippen LogP contribution is -2.08. The number of aromatic nitrogens is 4. The Morgan fingerprint density at radius 2 is 2.24 bits per heavy atom. The summed E-state index contributed by atoms with van der Waals surface area (Å²) in [5.74, 6) is 0.634. The maximum atomic E-state index is 6.27. The van der Waals surface area contributed by atoms with E-state index in [2.05, 4.69) is 15.3 Å². The maximum Gasteiger partial charge on any atom is 0.177 e. The molecule has 1 aliphatic heterocycles. The lowest BCUT2D eigenvalue weighted by Gasteiger charge is -2.09. The van der Waals surface area contributed by atoms with Crippen LogP contribution in [0.25, 0.3) is 5.82 Å². The van der Waals surface area contributed by atoms with E-state index >= 15 is 0 Å². The van der Waals surface area contributed by atoms with Crippen LogP contribution in [0.5, 0.6) is 0 Å². The van der Waals surface area contributed by atoms with Crippen molar-refractivity contribution >= 4 is 11.6 Å². The molecule has 2 aromatic rings. The van der Waals surface area contributed by atoms with Crippen LogP contribution in [0.1, 0.15) is 17.0 Å². The average molecular weight is 251 g/mol. The van der Waals surface area contributed by atoms with Crippen molar-refractivity contribution < 1.29 is 4.74 Å². The maximum absolute atomic E-state index is 6.27. The van der Waals surface area contributed by atoms with Crippen molar-refractivity contribution in [2.45, 2.75) is 20.0 Å². The summed E-state index contributed by atoms with van der Waals surface area (Å²) in [5, 5.41) is 13.1. The molecule has 17 heavy (non-hydrogen) atoms. The number of aryl methyl sites for hydroxylation is 1. The second-order valence-corrected chi connectivity index (χ2v) is 4.32. The number of halogens is 1. The summed E-state index contributed by atoms with van der Waals surface area (Å²) in [6.07, 6.45) is 0.793. The first-order valence-electron chi connectivity index (χ1n) is 5.40. The second kappa shape index (κ2) is 4.09. The molecule has 0 aliphatic carbocycles. The Balaban J connectivity index is 2.09. The van der Waals surface area contributed by atoms with Crippen molar-refractivity contribution in [2.75, 3.05) is 6.61 Å². The van der Waals surface area contributed by atoms with Crippen molar-refractivity contribution in [1.82, 2.24) is 20.0 Å². The van der Waals surface area contributed by atoms with Crippen molar-refractivity contribution in [3.05, 3.63) is 34.2 Å². The molecule has 1 aliphatic rings. The number of rotatable bonds is 1. The van der Waals surface area contributed by atoms with E-state index in [0.29, 0.717) is 24.2 Å². The van der Waals surface area contributed by atoms with Gasteiger partial charge < -0.3 is 4.74 Å². The Hall–Kier alpha value is -1.46. The summed E-state index contributed by atoms with van der Waals surface area (Å²) in [6, 6.07) is 3.74. The fraction of sp³-hybridized carbons (Fsp3) is 0.364. The van der Waals surface area contributed by atoms with Crippen LogP contribution in [0.2, 0.25) is 5.15 Å². The highest BCUT2D eigenvalue weighted by atomic mass is 35.5. The molecule has 0 amide bonds. The molecule has 0 spiro atoms. The largest absolute Gasteiger partial charge is 0.376 e. The molecule has 0 atom stereocenters. The Morgan fingerprint density at radius 1 is 1.35 bits per heavy atom. The molecule has 0 saturated carbocycles. The molecule has 0 fully saturated rings. The molecular formula is C11H11ClN4O. The number of hydrogen-bond acceptors (Lipinski definition) is 4. The summed E-state index contributed by atoms with van der Waals surface area (Å²) < 4.78 is 6.99. The molecule has 0 radical (unpaired) electrons. The average Bonchev–Trinajstić information content (AvgIpc) is 2.69. The summed E-state index contributed by atoms with van der Waals surface area (Å²) >= 11 is 6.27. The van der Waals surface area contributed by atoms with Gasteiger partial charge >= 0.3 is 0 Å². The van der Waals surface area contributed by atoms with Gasteiger partial charge in [-0.25, -0.2) is 4.68 Å². The minimum Gasteiger partial charge on any atom is -0.376 e. The zero-order valence-corrected chi connectivity index (χ0v) is 10.1. The van der Waals surface area contributed by atoms with Crippen LogP contribution in [0, 0.1) is 6.92 Å². The van der Waals surface area contributed by atoms with E-state index in [4.69, 9.17) is 16.3 Å². The number of fused-ring (bicyclic) bond motifs is 1. The predicted molar refractivity (Wildman–Crippen MR) is 62.3 cm³/mol. The third-order valence-corrected chi connectivity index (χ3v) is 3.12. The van der Waals surface area contributed by atoms with Crippen LogP contribution in [0.15, 0.2) is 12.1 Å². The topological polar surface area (TPSA) is 52.8 Å². The van der Waals surface area contributed by atoms with Crippen LogP contribution in [-0.2, 0) is 17.8 Å². The van der Waals surface area contributed by atoms with Crippen LogP contribution in [-0.4, -0.2) is 26.6 Å². The molecule has 0 saturated heterocycles. The van der Waals surface area contributed by atoms with Gasteiger partial charge in [-0.3, -0.25) is 0 Å². The lowest BCUT2D eigenvalue weighted by molar-refractivity contribution is 0.110. The standard InChI is InChI=1S/C11H11ClN4O/c1-7-2-3-10(14-13-7)16-11(12)8-6-17-5-4-9(8)15-16/h2-3H,4-6H2,1H3. The van der Waals surface area contributed by atoms with Crippen LogP contribution >= 0.6 is 11.6 Å². The van der Waals surface area contributed by atoms with Crippen molar-refractivity contribution in [2.24, 2.45) is 0 Å². The third kappa shape index (κ3) is 1.81. The van der Waals surface area contributed by atoms with E-state index in [0.717, 1.165) is 23.4 Å². The SMILES string of the molecule is Cc1ccc(-n2nc3c(c2Cl)COCC3)nn1. The van der Waals surface area contributed by atoms with E-state index in [1.807, 2.05) is 19.1 Å². The van der Waals surface area contributed by atoms with Gasteiger partial charge in [0.2, 0.25) is 0 Å². The van der Waals surface area contributed by atoms with E-state index in [-0.39, 0.29) is 0 Å². The van der Waals surface area contributed by atoms with Gasteiger partial charge in [0, 0.05) is 12.0 Å². The van der Waals surface area contributed by atoms with Crippen molar-refractivity contribution in [3.63, 3.8) is 0 Å². The van der Waals surface area contributed by atoms with Gasteiger partial charge in [-0.15, -0.1) is 5.10 Å². The summed E-state index contributed by atoms with van der Waals surface area (Å²) in [6.45, 7) is 3.10. The van der Waals surface area contributed by atoms with Gasteiger partial charge in [-0.2, -0.15) is 10.2 Å². The van der Waals surface area contributed by atoms with E-state index in [1.165, 1.54) is 0 Å². The van der Waals surface area contributed by atoms with Crippen molar-refractivity contribution in [1.29, 1.82) is 0 Å². The zero-order chi connectivity index (χ0) is 11.8. The molecule has 0 bridgehead atoms. The minimum atomic E-state index is 0.521. The lowest BCUT2D eigenvalue weighted by atomic mass is 10.2. The summed E-state index contributed by atoms with van der Waals surface area (Å²) in [4.78, 5) is 0. The molecule has 3 rings (SSSR count). The van der Waals surface area contributed by atoms with E-state index in [9.17, 15) is 0 Å². The van der Waals surface area contributed by atoms with Gasteiger partial charge in [-0.05, 0) is 19.1 Å². The quantitative estimate of drug-likeness (QED) is 0.773. The highest BCUT2D eigenvalue weighted by Gasteiger charge is 2.21. The molecule has 0 N–H and O–H groups in total. The fourth-order valence-corrected chi connectivity index (χ4v) is 2.10. The first-order valence-corrected chi connectivity index (χ1v) is 5.78. The molecule has 0 aromatic carbocycles. The third-order valence-electron chi connectivity index (χ3n) is 2.73. The normalized spacial score (nSPS) is 14.7. The van der Waals surface area contributed by atoms with Gasteiger partial charge in [0.1, 0.15) is 5.15 Å². The Bertz CT molecular complexity index is 549. The monoisotopic (exact) mass is 250 g/mol. The fourth-order valence-electron chi connectivity index (χ4n) is 1.82. The molecule has 5 nitrogen and oxygen atoms in total. The Labute approximate surface area is 103 Å². The Kier molecular flexibility index (Phi) is 2.57. The van der Waals surface area contributed by atoms with Crippen LogP contribution in [0.4, 0.5) is 0 Å². The summed E-state index contributed by atoms with van der Waals surface area (Å²) in [5.41, 5.74) is 2.81. The van der Waals surface area contributed by atoms with Crippen LogP contribution in [0.3, 0.4) is 0 Å². The number of hydrogen-bond donors (Lipinski definition) is 0. The first kappa shape index (κ1) is 10.7. The molecule has 88 valence electrons. The minimum absolute atomic E-state index is 0.521. The highest BCUT2D eigenvalue weighted by molar-refractivity contribution is 6.30. The highest BCUT2D eigenvalue weighted by Crippen LogP contribution is 2.26. The molecule has 2 aromatic heterocycles. The molecule has 6 heteroatoms. The van der Waals surface area contributed by atoms with E-state index < -0.39 is 0 Å². The molecule has 3 heterocycles. The number of nitrogens with zero attached hydrogens (tertiary/aromatic N) is 4. The Morgan fingerprint density at radius 3 is 2.94 bits per heavy atom. The van der Waals surface area contributed by atoms with Gasteiger partial charge in [-0.1, -0.05) is 11.6 Å². The molecule has 0 unspecified atom stereocenters. The van der Waals surface area contributed by atoms with Crippen molar-refractivity contribution in [3.8, 4) is 5.82 Å². The van der Waals surface area contributed by atoms with Gasteiger partial charge in [0.15, 0.2) is 5.82 Å². The zero-order valence-electron chi connectivity index (χ0n) is 9.35. The van der Waals surface area contributed by atoms with Crippen LogP contribution < -0.4 is 0 Å².